The van der Waals surface area contributed by atoms with E-state index in [9.17, 15) is 18.4 Å². The molecule has 0 bridgehead atoms. The summed E-state index contributed by atoms with van der Waals surface area (Å²) in [6.45, 7) is 0. The first-order chi connectivity index (χ1) is 13.2. The summed E-state index contributed by atoms with van der Waals surface area (Å²) in [5.74, 6) is 0.669. The average molecular weight is 425 g/mol. The highest BCUT2D eigenvalue weighted by Crippen LogP contribution is 2.39. The smallest absolute Gasteiger partial charge is 0.416 e. The maximum absolute atomic E-state index is 13.0. The fourth-order valence-corrected chi connectivity index (χ4v) is 3.47. The lowest BCUT2D eigenvalue weighted by atomic mass is 10.2. The molecule has 0 aliphatic carbocycles. The van der Waals surface area contributed by atoms with Crippen molar-refractivity contribution < 1.29 is 17.9 Å². The van der Waals surface area contributed by atoms with Crippen molar-refractivity contribution in [3.8, 4) is 17.5 Å². The molecule has 0 fully saturated rings. The Balaban J connectivity index is 2.06. The molecule has 3 aromatic rings. The SMILES string of the molecule is COc1ccc(Sc2c(C#N)nn(-c3cc(C(F)(F)F)ccc3Cl)c2N)cc1. The van der Waals surface area contributed by atoms with Crippen molar-refractivity contribution in [1.82, 2.24) is 9.78 Å². The van der Waals surface area contributed by atoms with Gasteiger partial charge in [0.05, 0.1) is 28.3 Å². The molecule has 0 amide bonds. The van der Waals surface area contributed by atoms with E-state index in [1.165, 1.54) is 7.11 Å². The number of anilines is 1. The Kier molecular flexibility index (Phi) is 5.45. The monoisotopic (exact) mass is 424 g/mol. The van der Waals surface area contributed by atoms with Crippen LogP contribution in [-0.4, -0.2) is 16.9 Å². The van der Waals surface area contributed by atoms with Gasteiger partial charge in [0, 0.05) is 4.90 Å². The molecule has 0 radical (unpaired) electrons. The summed E-state index contributed by atoms with van der Waals surface area (Å²) >= 11 is 7.23. The highest BCUT2D eigenvalue weighted by molar-refractivity contribution is 7.99. The van der Waals surface area contributed by atoms with Gasteiger partial charge in [0.2, 0.25) is 0 Å². The summed E-state index contributed by atoms with van der Waals surface area (Å²) < 4.78 is 45.3. The van der Waals surface area contributed by atoms with Crippen LogP contribution in [0.25, 0.3) is 5.69 Å². The molecule has 0 aliphatic rings. The predicted octanol–water partition coefficient (Wildman–Crippen LogP) is 5.16. The summed E-state index contributed by atoms with van der Waals surface area (Å²) in [4.78, 5) is 1.07. The molecule has 3 rings (SSSR count). The van der Waals surface area contributed by atoms with Gasteiger partial charge in [-0.3, -0.25) is 0 Å². The van der Waals surface area contributed by atoms with Crippen LogP contribution in [-0.2, 0) is 6.18 Å². The second-order valence-electron chi connectivity index (χ2n) is 5.53. The van der Waals surface area contributed by atoms with E-state index < -0.39 is 11.7 Å². The van der Waals surface area contributed by atoms with Crippen LogP contribution in [0.3, 0.4) is 0 Å². The minimum Gasteiger partial charge on any atom is -0.497 e. The fraction of sp³-hybridized carbons (Fsp3) is 0.111. The molecule has 2 N–H and O–H groups in total. The molecular formula is C18H12ClF3N4OS. The van der Waals surface area contributed by atoms with E-state index in [1.807, 2.05) is 6.07 Å². The van der Waals surface area contributed by atoms with E-state index in [-0.39, 0.29) is 22.2 Å². The van der Waals surface area contributed by atoms with Gasteiger partial charge in [-0.1, -0.05) is 23.4 Å². The third-order valence-electron chi connectivity index (χ3n) is 3.76. The van der Waals surface area contributed by atoms with E-state index in [1.54, 1.807) is 24.3 Å². The van der Waals surface area contributed by atoms with Crippen molar-refractivity contribution in [2.45, 2.75) is 16.0 Å². The zero-order valence-corrected chi connectivity index (χ0v) is 15.9. The van der Waals surface area contributed by atoms with E-state index in [4.69, 9.17) is 22.1 Å². The lowest BCUT2D eigenvalue weighted by Gasteiger charge is -2.11. The van der Waals surface area contributed by atoms with Crippen LogP contribution in [0, 0.1) is 11.3 Å². The van der Waals surface area contributed by atoms with Crippen molar-refractivity contribution in [2.75, 3.05) is 12.8 Å². The largest absolute Gasteiger partial charge is 0.497 e. The van der Waals surface area contributed by atoms with Gasteiger partial charge < -0.3 is 10.5 Å². The number of nitrogens with two attached hydrogens (primary N) is 1. The molecule has 1 heterocycles. The summed E-state index contributed by atoms with van der Waals surface area (Å²) in [7, 11) is 1.54. The second kappa shape index (κ2) is 7.66. The van der Waals surface area contributed by atoms with E-state index in [2.05, 4.69) is 5.10 Å². The van der Waals surface area contributed by atoms with Gasteiger partial charge >= 0.3 is 6.18 Å². The lowest BCUT2D eigenvalue weighted by molar-refractivity contribution is -0.137. The Morgan fingerprint density at radius 1 is 1.21 bits per heavy atom. The molecule has 1 aromatic heterocycles. The first-order valence-corrected chi connectivity index (χ1v) is 8.91. The van der Waals surface area contributed by atoms with Gasteiger partial charge in [-0.15, -0.1) is 0 Å². The van der Waals surface area contributed by atoms with Crippen LogP contribution in [0.15, 0.2) is 52.3 Å². The molecule has 0 saturated carbocycles. The van der Waals surface area contributed by atoms with Gasteiger partial charge in [0.25, 0.3) is 0 Å². The minimum atomic E-state index is -4.56. The molecule has 0 aliphatic heterocycles. The maximum Gasteiger partial charge on any atom is 0.416 e. The number of nitrogen functional groups attached to an aromatic ring is 1. The molecule has 0 saturated heterocycles. The molecule has 0 atom stereocenters. The maximum atomic E-state index is 13.0. The summed E-state index contributed by atoms with van der Waals surface area (Å²) in [5.41, 5.74) is 5.12. The number of aromatic nitrogens is 2. The zero-order chi connectivity index (χ0) is 20.5. The quantitative estimate of drug-likeness (QED) is 0.626. The van der Waals surface area contributed by atoms with Crippen molar-refractivity contribution in [3.05, 3.63) is 58.7 Å². The summed E-state index contributed by atoms with van der Waals surface area (Å²) in [5, 5.41) is 13.5. The molecular weight excluding hydrogens is 413 g/mol. The van der Waals surface area contributed by atoms with Gasteiger partial charge in [-0.25, -0.2) is 4.68 Å². The number of rotatable bonds is 4. The number of ether oxygens (including phenoxy) is 1. The Hall–Kier alpha value is -2.83. The lowest BCUT2D eigenvalue weighted by Crippen LogP contribution is -2.08. The third-order valence-corrected chi connectivity index (χ3v) is 5.20. The van der Waals surface area contributed by atoms with Gasteiger partial charge in [-0.2, -0.15) is 23.5 Å². The Morgan fingerprint density at radius 2 is 1.89 bits per heavy atom. The van der Waals surface area contributed by atoms with Crippen LogP contribution < -0.4 is 10.5 Å². The Morgan fingerprint density at radius 3 is 2.46 bits per heavy atom. The number of benzene rings is 2. The molecule has 5 nitrogen and oxygen atoms in total. The highest BCUT2D eigenvalue weighted by Gasteiger charge is 2.31. The van der Waals surface area contributed by atoms with E-state index in [0.29, 0.717) is 10.6 Å². The topological polar surface area (TPSA) is 76.9 Å². The van der Waals surface area contributed by atoms with Crippen LogP contribution >= 0.6 is 23.4 Å². The molecule has 0 unspecified atom stereocenters. The van der Waals surface area contributed by atoms with E-state index in [0.717, 1.165) is 39.5 Å². The Bertz CT molecular complexity index is 1060. The summed E-state index contributed by atoms with van der Waals surface area (Å²) in [6.07, 6.45) is -4.56. The van der Waals surface area contributed by atoms with Gasteiger partial charge in [0.1, 0.15) is 17.6 Å². The predicted molar refractivity (Wildman–Crippen MR) is 99.8 cm³/mol. The highest BCUT2D eigenvalue weighted by atomic mass is 35.5. The van der Waals surface area contributed by atoms with Crippen molar-refractivity contribution in [3.63, 3.8) is 0 Å². The van der Waals surface area contributed by atoms with E-state index >= 15 is 0 Å². The number of nitriles is 1. The van der Waals surface area contributed by atoms with Crippen molar-refractivity contribution in [1.29, 1.82) is 5.26 Å². The van der Waals surface area contributed by atoms with Crippen LogP contribution in [0.4, 0.5) is 19.0 Å². The first kappa shape index (κ1) is 19.9. The van der Waals surface area contributed by atoms with Crippen LogP contribution in [0.2, 0.25) is 5.02 Å². The normalized spacial score (nSPS) is 11.3. The van der Waals surface area contributed by atoms with Crippen LogP contribution in [0.5, 0.6) is 5.75 Å². The standard InChI is InChI=1S/C18H12ClF3N4OS/c1-27-11-3-5-12(6-4-11)28-16-14(9-23)25-26(17(16)24)15-8-10(18(20,21)22)2-7-13(15)19/h2-8H,24H2,1H3. The fourth-order valence-electron chi connectivity index (χ4n) is 2.39. The van der Waals surface area contributed by atoms with Gasteiger partial charge in [0.15, 0.2) is 5.69 Å². The molecule has 0 spiro atoms. The second-order valence-corrected chi connectivity index (χ2v) is 7.02. The number of hydrogen-bond acceptors (Lipinski definition) is 5. The summed E-state index contributed by atoms with van der Waals surface area (Å²) in [6, 6.07) is 11.7. The number of halogens is 4. The number of nitrogens with zero attached hydrogens (tertiary/aromatic N) is 3. The minimum absolute atomic E-state index is 0.0126. The number of methoxy groups -OCH3 is 1. The van der Waals surface area contributed by atoms with Crippen molar-refractivity contribution in [2.24, 2.45) is 0 Å². The van der Waals surface area contributed by atoms with Crippen molar-refractivity contribution >= 4 is 29.2 Å². The number of alkyl halides is 3. The molecule has 10 heteroatoms. The zero-order valence-electron chi connectivity index (χ0n) is 14.3. The molecule has 2 aromatic carbocycles. The van der Waals surface area contributed by atoms with Crippen LogP contribution in [0.1, 0.15) is 11.3 Å². The van der Waals surface area contributed by atoms with Gasteiger partial charge in [-0.05, 0) is 42.5 Å². The third kappa shape index (κ3) is 3.88. The number of hydrogen-bond donors (Lipinski definition) is 1. The molecule has 28 heavy (non-hydrogen) atoms. The Labute approximate surface area is 167 Å². The molecule has 144 valence electrons. The average Bonchev–Trinajstić information content (AvgIpc) is 2.97. The first-order valence-electron chi connectivity index (χ1n) is 7.72.